The van der Waals surface area contributed by atoms with Gasteiger partial charge in [0.1, 0.15) is 11.6 Å². The SMILES string of the molecule is CCC[C@@H](CO)Nc1nc(N)nc(C)c1Cc1ccc(CN2CCN(C(=O)CCC(C)=CCCC(C)=CCCC(C)=CCCC=C(C)CCC=C(C)CCC=C(C)C)CC2)cc1OC. The van der Waals surface area contributed by atoms with Crippen molar-refractivity contribution in [1.82, 2.24) is 19.8 Å². The number of carbonyl (C=O) groups is 1. The van der Waals surface area contributed by atoms with Crippen LogP contribution < -0.4 is 15.8 Å². The summed E-state index contributed by atoms with van der Waals surface area (Å²) in [6.45, 7) is 23.6. The summed E-state index contributed by atoms with van der Waals surface area (Å²) in [4.78, 5) is 26.6. The minimum atomic E-state index is -0.108. The highest BCUT2D eigenvalue weighted by atomic mass is 16.5. The van der Waals surface area contributed by atoms with Crippen LogP contribution in [0.2, 0.25) is 0 Å². The van der Waals surface area contributed by atoms with E-state index < -0.39 is 0 Å². The van der Waals surface area contributed by atoms with Crippen LogP contribution in [0, 0.1) is 6.92 Å². The molecule has 0 spiro atoms. The van der Waals surface area contributed by atoms with E-state index in [1.807, 2.05) is 11.8 Å². The van der Waals surface area contributed by atoms with Gasteiger partial charge in [-0.3, -0.25) is 9.69 Å². The Balaban J connectivity index is 1.35. The zero-order valence-corrected chi connectivity index (χ0v) is 41.8. The van der Waals surface area contributed by atoms with E-state index in [9.17, 15) is 9.90 Å². The number of aliphatic hydroxyl groups excluding tert-OH is 1. The van der Waals surface area contributed by atoms with Crippen LogP contribution >= 0.6 is 0 Å². The largest absolute Gasteiger partial charge is 0.496 e. The van der Waals surface area contributed by atoms with Crippen molar-refractivity contribution in [2.45, 2.75) is 171 Å². The van der Waals surface area contributed by atoms with Gasteiger partial charge >= 0.3 is 0 Å². The van der Waals surface area contributed by atoms with Crippen LogP contribution in [-0.2, 0) is 17.8 Å². The standard InChI is InChI=1S/C55H86N6O3/c1-11-18-50(40-62)58-54-51(47(9)57-55(56)59-54)38-49-31-30-48(37-52(49)64-10)39-60-33-35-61(36-34-60)53(63)32-29-46(8)28-17-27-45(7)26-16-24-43(5)21-13-12-20-42(4)23-15-25-44(6)22-14-19-41(2)3/h19-21,25-26,28,30-31,37,50,62H,11-18,22-24,27,29,32-36,38-40H2,1-10H3,(H3,56,57,58,59)/t50-/m0/s1. The normalized spacial score (nSPS) is 15.1. The lowest BCUT2D eigenvalue weighted by atomic mass is 10.0. The van der Waals surface area contributed by atoms with Crippen molar-refractivity contribution < 1.29 is 14.6 Å². The van der Waals surface area contributed by atoms with Gasteiger partial charge < -0.3 is 25.8 Å². The zero-order valence-electron chi connectivity index (χ0n) is 41.8. The number of hydrogen-bond acceptors (Lipinski definition) is 8. The Morgan fingerprint density at radius 1 is 0.766 bits per heavy atom. The Morgan fingerprint density at radius 2 is 1.30 bits per heavy atom. The Labute approximate surface area is 389 Å². The summed E-state index contributed by atoms with van der Waals surface area (Å²) in [6.07, 6.45) is 29.2. The Morgan fingerprint density at radius 3 is 1.81 bits per heavy atom. The minimum Gasteiger partial charge on any atom is -0.496 e. The number of unbranched alkanes of at least 4 members (excludes halogenated alkanes) is 1. The molecule has 0 bridgehead atoms. The van der Waals surface area contributed by atoms with E-state index in [0.717, 1.165) is 132 Å². The van der Waals surface area contributed by atoms with Crippen LogP contribution in [0.4, 0.5) is 11.8 Å². The molecule has 0 aliphatic carbocycles. The molecule has 2 aromatic rings. The maximum atomic E-state index is 13.2. The van der Waals surface area contributed by atoms with Crippen LogP contribution in [0.3, 0.4) is 0 Å². The molecule has 2 heterocycles. The highest BCUT2D eigenvalue weighted by Gasteiger charge is 2.22. The lowest BCUT2D eigenvalue weighted by molar-refractivity contribution is -0.133. The van der Waals surface area contributed by atoms with Gasteiger partial charge in [-0.25, -0.2) is 4.98 Å². The predicted molar refractivity (Wildman–Crippen MR) is 272 cm³/mol. The second-order valence-electron chi connectivity index (χ2n) is 18.6. The molecule has 64 heavy (non-hydrogen) atoms. The molecule has 1 atom stereocenters. The third-order valence-electron chi connectivity index (χ3n) is 12.4. The quantitative estimate of drug-likeness (QED) is 0.0572. The molecule has 1 aliphatic heterocycles. The number of ether oxygens (including phenoxy) is 1. The summed E-state index contributed by atoms with van der Waals surface area (Å²) in [5, 5.41) is 13.3. The average molecular weight is 879 g/mol. The highest BCUT2D eigenvalue weighted by molar-refractivity contribution is 5.76. The van der Waals surface area contributed by atoms with Crippen molar-refractivity contribution in [2.75, 3.05) is 50.9 Å². The van der Waals surface area contributed by atoms with Gasteiger partial charge in [0.2, 0.25) is 11.9 Å². The summed E-state index contributed by atoms with van der Waals surface area (Å²) in [5.41, 5.74) is 18.6. The van der Waals surface area contributed by atoms with Crippen LogP contribution in [0.1, 0.15) is 168 Å². The van der Waals surface area contributed by atoms with E-state index in [1.54, 1.807) is 7.11 Å². The molecule has 1 amide bonds. The van der Waals surface area contributed by atoms with Gasteiger partial charge in [-0.15, -0.1) is 0 Å². The van der Waals surface area contributed by atoms with E-state index in [1.165, 1.54) is 45.4 Å². The summed E-state index contributed by atoms with van der Waals surface area (Å²) < 4.78 is 5.87. The number of rotatable bonds is 28. The lowest BCUT2D eigenvalue weighted by Crippen LogP contribution is -2.48. The number of amides is 1. The molecule has 4 N–H and O–H groups in total. The Hall–Kier alpha value is -4.47. The number of aryl methyl sites for hydroxylation is 1. The van der Waals surface area contributed by atoms with Crippen LogP contribution in [0.25, 0.3) is 0 Å². The lowest BCUT2D eigenvalue weighted by Gasteiger charge is -2.35. The molecule has 1 fully saturated rings. The van der Waals surface area contributed by atoms with Crippen molar-refractivity contribution in [2.24, 2.45) is 0 Å². The van der Waals surface area contributed by atoms with Gasteiger partial charge in [-0.2, -0.15) is 4.98 Å². The third-order valence-corrected chi connectivity index (χ3v) is 12.4. The first kappa shape index (κ1) is 53.9. The van der Waals surface area contributed by atoms with Gasteiger partial charge in [-0.05, 0) is 150 Å². The van der Waals surface area contributed by atoms with Crippen LogP contribution in [0.15, 0.2) is 88.1 Å². The number of aromatic nitrogens is 2. The van der Waals surface area contributed by atoms with E-state index in [0.29, 0.717) is 18.7 Å². The fourth-order valence-corrected chi connectivity index (χ4v) is 8.20. The number of nitrogens with zero attached hydrogens (tertiary/aromatic N) is 4. The number of nitrogens with one attached hydrogen (secondary N) is 1. The molecule has 3 rings (SSSR count). The summed E-state index contributed by atoms with van der Waals surface area (Å²) in [6, 6.07) is 6.29. The summed E-state index contributed by atoms with van der Waals surface area (Å²) in [7, 11) is 1.70. The van der Waals surface area contributed by atoms with Gasteiger partial charge in [0.05, 0.1) is 19.8 Å². The number of methoxy groups -OCH3 is 1. The molecule has 1 aromatic carbocycles. The van der Waals surface area contributed by atoms with E-state index in [-0.39, 0.29) is 24.5 Å². The molecule has 0 saturated carbocycles. The van der Waals surface area contributed by atoms with E-state index in [4.69, 9.17) is 10.5 Å². The van der Waals surface area contributed by atoms with Crippen molar-refractivity contribution in [3.05, 3.63) is 110 Å². The Kier molecular flexibility index (Phi) is 25.1. The first-order valence-electron chi connectivity index (χ1n) is 24.3. The molecular weight excluding hydrogens is 793 g/mol. The molecule has 9 nitrogen and oxygen atoms in total. The second-order valence-corrected chi connectivity index (χ2v) is 18.6. The third kappa shape index (κ3) is 21.0. The number of nitrogens with two attached hydrogens (primary N) is 1. The number of benzene rings is 1. The number of hydrogen-bond donors (Lipinski definition) is 3. The van der Waals surface area contributed by atoms with Crippen molar-refractivity contribution >= 4 is 17.7 Å². The van der Waals surface area contributed by atoms with Crippen LogP contribution in [-0.4, -0.2) is 76.7 Å². The van der Waals surface area contributed by atoms with E-state index in [2.05, 4.69) is 130 Å². The number of anilines is 2. The average Bonchev–Trinajstić information content (AvgIpc) is 3.25. The van der Waals surface area contributed by atoms with Crippen molar-refractivity contribution in [3.63, 3.8) is 0 Å². The summed E-state index contributed by atoms with van der Waals surface area (Å²) in [5.74, 6) is 1.94. The molecular formula is C55H86N6O3. The monoisotopic (exact) mass is 879 g/mol. The topological polar surface area (TPSA) is 117 Å². The second kappa shape index (κ2) is 29.9. The number of aliphatic hydroxyl groups is 1. The van der Waals surface area contributed by atoms with Gasteiger partial charge in [0.25, 0.3) is 0 Å². The molecule has 1 aliphatic rings. The first-order valence-corrected chi connectivity index (χ1v) is 24.3. The van der Waals surface area contributed by atoms with E-state index >= 15 is 0 Å². The number of nitrogen functional groups attached to an aromatic ring is 1. The molecule has 354 valence electrons. The van der Waals surface area contributed by atoms with Gasteiger partial charge in [0.15, 0.2) is 0 Å². The van der Waals surface area contributed by atoms with Gasteiger partial charge in [0, 0.05) is 56.8 Å². The molecule has 9 heteroatoms. The molecule has 1 saturated heterocycles. The number of carbonyl (C=O) groups excluding carboxylic acids is 1. The maximum absolute atomic E-state index is 13.2. The number of piperazine rings is 1. The molecule has 1 aromatic heterocycles. The molecule has 0 unspecified atom stereocenters. The fraction of sp³-hybridized carbons (Fsp3) is 0.582. The summed E-state index contributed by atoms with van der Waals surface area (Å²) >= 11 is 0. The van der Waals surface area contributed by atoms with Crippen LogP contribution in [0.5, 0.6) is 5.75 Å². The van der Waals surface area contributed by atoms with Crippen molar-refractivity contribution in [3.8, 4) is 5.75 Å². The minimum absolute atomic E-state index is 0.0149. The predicted octanol–water partition coefficient (Wildman–Crippen LogP) is 12.6. The van der Waals surface area contributed by atoms with Gasteiger partial charge in [-0.1, -0.05) is 95.4 Å². The smallest absolute Gasteiger partial charge is 0.222 e. The Bertz CT molecular complexity index is 1930. The highest BCUT2D eigenvalue weighted by Crippen LogP contribution is 2.29. The maximum Gasteiger partial charge on any atom is 0.222 e. The first-order chi connectivity index (χ1) is 30.7. The molecule has 0 radical (unpaired) electrons. The van der Waals surface area contributed by atoms with Crippen molar-refractivity contribution in [1.29, 1.82) is 0 Å². The number of allylic oxidation sites excluding steroid dienone is 12. The zero-order chi connectivity index (χ0) is 46.9. The fourth-order valence-electron chi connectivity index (χ4n) is 8.20.